The molecule has 0 spiro atoms. The van der Waals surface area contributed by atoms with Crippen LogP contribution in [0.1, 0.15) is 68.7 Å². The van der Waals surface area contributed by atoms with E-state index in [1.54, 1.807) is 12.1 Å². The van der Waals surface area contributed by atoms with Gasteiger partial charge in [0.2, 0.25) is 0 Å². The fourth-order valence-corrected chi connectivity index (χ4v) is 7.86. The molecule has 9 heteroatoms. The Hall–Kier alpha value is -3.07. The summed E-state index contributed by atoms with van der Waals surface area (Å²) in [6.45, 7) is 7.23. The number of sulfone groups is 1. The van der Waals surface area contributed by atoms with Crippen LogP contribution in [-0.2, 0) is 9.84 Å². The van der Waals surface area contributed by atoms with Crippen molar-refractivity contribution in [2.75, 3.05) is 26.0 Å². The summed E-state index contributed by atoms with van der Waals surface area (Å²) < 4.78 is 52.7. The monoisotopic (exact) mass is 639 g/mol. The van der Waals surface area contributed by atoms with Crippen molar-refractivity contribution >= 4 is 32.6 Å². The highest BCUT2D eigenvalue weighted by Gasteiger charge is 2.37. The summed E-state index contributed by atoms with van der Waals surface area (Å²) in [6, 6.07) is 15.5. The molecule has 3 aliphatic rings. The van der Waals surface area contributed by atoms with Crippen molar-refractivity contribution < 1.29 is 27.4 Å². The van der Waals surface area contributed by atoms with Gasteiger partial charge in [-0.25, -0.2) is 12.8 Å². The first-order valence-electron chi connectivity index (χ1n) is 15.4. The Morgan fingerprint density at radius 1 is 1.07 bits per heavy atom. The molecule has 1 N–H and O–H groups in total. The molecule has 3 aromatic carbocycles. The van der Waals surface area contributed by atoms with Crippen LogP contribution < -0.4 is 9.47 Å². The second-order valence-electron chi connectivity index (χ2n) is 12.7. The van der Waals surface area contributed by atoms with Crippen LogP contribution in [0.3, 0.4) is 0 Å². The number of phenols is 1. The molecule has 0 bridgehead atoms. The van der Waals surface area contributed by atoms with Gasteiger partial charge in [0.15, 0.2) is 21.4 Å². The summed E-state index contributed by atoms with van der Waals surface area (Å²) in [5.74, 6) is 0.697. The van der Waals surface area contributed by atoms with Crippen molar-refractivity contribution in [2.45, 2.75) is 63.0 Å². The fourth-order valence-electron chi connectivity index (χ4n) is 6.88. The Morgan fingerprint density at radius 2 is 1.80 bits per heavy atom. The molecule has 1 aliphatic carbocycles. The molecular formula is C35H39ClFNO5S. The van der Waals surface area contributed by atoms with E-state index in [-0.39, 0.29) is 15.8 Å². The van der Waals surface area contributed by atoms with Crippen LogP contribution in [-0.4, -0.2) is 50.4 Å². The Morgan fingerprint density at radius 3 is 2.45 bits per heavy atom. The highest BCUT2D eigenvalue weighted by atomic mass is 35.5. The number of benzene rings is 3. The molecule has 234 valence electrons. The van der Waals surface area contributed by atoms with Crippen LogP contribution >= 0.6 is 11.6 Å². The van der Waals surface area contributed by atoms with Gasteiger partial charge in [0.05, 0.1) is 4.90 Å². The summed E-state index contributed by atoms with van der Waals surface area (Å²) in [5.41, 5.74) is 3.75. The van der Waals surface area contributed by atoms with Crippen molar-refractivity contribution in [3.8, 4) is 17.2 Å². The van der Waals surface area contributed by atoms with Gasteiger partial charge in [0.25, 0.3) is 0 Å². The summed E-state index contributed by atoms with van der Waals surface area (Å²) >= 11 is 6.52. The number of hydrogen-bond donors (Lipinski definition) is 1. The molecule has 3 atom stereocenters. The van der Waals surface area contributed by atoms with Crippen molar-refractivity contribution in [2.24, 2.45) is 11.8 Å². The highest BCUT2D eigenvalue weighted by Crippen LogP contribution is 2.53. The number of aromatic hydroxyl groups is 1. The molecule has 44 heavy (non-hydrogen) atoms. The largest absolute Gasteiger partial charge is 0.505 e. The Bertz CT molecular complexity index is 1680. The normalized spacial score (nSPS) is 21.8. The van der Waals surface area contributed by atoms with Gasteiger partial charge in [0, 0.05) is 41.1 Å². The van der Waals surface area contributed by atoms with Gasteiger partial charge in [0.1, 0.15) is 24.2 Å². The van der Waals surface area contributed by atoms with Gasteiger partial charge < -0.3 is 14.6 Å². The number of fused-ring (bicyclic) bond motifs is 1. The lowest BCUT2D eigenvalue weighted by atomic mass is 9.79. The standard InChI is InChI=1S/C35H39ClFNO5S/c1-21-12-13-38(19-21)22(2)20-42-27-10-8-24(9-11-27)35-34(25-14-26(36)16-28(15-25)44(3,40)41)33(23-6-4-5-7-23)29-17-31(39)30(37)18-32(29)43-35/h8-11,14-18,21-23,35,39H,4-7,12-13,19-20H2,1-3H3. The number of halogens is 2. The number of likely N-dealkylation sites (tertiary alicyclic amines) is 1. The lowest BCUT2D eigenvalue weighted by Crippen LogP contribution is -2.35. The summed E-state index contributed by atoms with van der Waals surface area (Å²) in [7, 11) is -3.56. The summed E-state index contributed by atoms with van der Waals surface area (Å²) in [4.78, 5) is 2.57. The van der Waals surface area contributed by atoms with E-state index in [1.807, 2.05) is 24.3 Å². The molecule has 3 aromatic rings. The van der Waals surface area contributed by atoms with E-state index in [4.69, 9.17) is 21.1 Å². The first kappa shape index (κ1) is 30.9. The van der Waals surface area contributed by atoms with E-state index >= 15 is 0 Å². The van der Waals surface area contributed by atoms with Crippen molar-refractivity contribution in [3.05, 3.63) is 82.1 Å². The van der Waals surface area contributed by atoms with Gasteiger partial charge >= 0.3 is 0 Å². The maximum atomic E-state index is 14.7. The van der Waals surface area contributed by atoms with E-state index in [2.05, 4.69) is 18.7 Å². The molecule has 0 aromatic heterocycles. The lowest BCUT2D eigenvalue weighted by molar-refractivity contribution is 0.169. The van der Waals surface area contributed by atoms with E-state index < -0.39 is 27.5 Å². The number of hydrogen-bond acceptors (Lipinski definition) is 6. The smallest absolute Gasteiger partial charge is 0.175 e. The minimum Gasteiger partial charge on any atom is -0.505 e. The predicted octanol–water partition coefficient (Wildman–Crippen LogP) is 7.93. The number of allylic oxidation sites excluding steroid dienone is 1. The van der Waals surface area contributed by atoms with Crippen LogP contribution in [0, 0.1) is 17.7 Å². The maximum Gasteiger partial charge on any atom is 0.175 e. The van der Waals surface area contributed by atoms with E-state index in [1.165, 1.54) is 24.6 Å². The topological polar surface area (TPSA) is 76.1 Å². The molecule has 1 saturated carbocycles. The molecule has 3 unspecified atom stereocenters. The quantitative estimate of drug-likeness (QED) is 0.270. The molecule has 2 heterocycles. The van der Waals surface area contributed by atoms with Gasteiger partial charge in [-0.2, -0.15) is 0 Å². The third-order valence-corrected chi connectivity index (χ3v) is 10.6. The van der Waals surface area contributed by atoms with Crippen molar-refractivity contribution in [3.63, 3.8) is 0 Å². The third kappa shape index (κ3) is 6.35. The van der Waals surface area contributed by atoms with Crippen molar-refractivity contribution in [1.82, 2.24) is 4.90 Å². The Balaban J connectivity index is 1.43. The van der Waals surface area contributed by atoms with Crippen LogP contribution in [0.4, 0.5) is 4.39 Å². The Kier molecular flexibility index (Phi) is 8.70. The maximum absolute atomic E-state index is 14.7. The average Bonchev–Trinajstić information content (AvgIpc) is 3.67. The zero-order valence-corrected chi connectivity index (χ0v) is 26.9. The first-order chi connectivity index (χ1) is 21.0. The first-order valence-corrected chi connectivity index (χ1v) is 17.7. The van der Waals surface area contributed by atoms with E-state index in [9.17, 15) is 17.9 Å². The van der Waals surface area contributed by atoms with E-state index in [0.717, 1.165) is 67.5 Å². The Labute approximate surface area is 264 Å². The van der Waals surface area contributed by atoms with Crippen LogP contribution in [0.5, 0.6) is 17.2 Å². The van der Waals surface area contributed by atoms with Gasteiger partial charge in [-0.1, -0.05) is 43.5 Å². The van der Waals surface area contributed by atoms with Crippen LogP contribution in [0.15, 0.2) is 59.5 Å². The number of phenolic OH excluding ortho intramolecular Hbond substituents is 1. The average molecular weight is 640 g/mol. The zero-order chi connectivity index (χ0) is 31.2. The number of nitrogens with zero attached hydrogens (tertiary/aromatic N) is 1. The molecule has 1 saturated heterocycles. The molecule has 6 nitrogen and oxygen atoms in total. The number of ether oxygens (including phenoxy) is 2. The van der Waals surface area contributed by atoms with Gasteiger partial charge in [-0.3, -0.25) is 4.90 Å². The molecule has 0 amide bonds. The molecule has 2 aliphatic heterocycles. The zero-order valence-electron chi connectivity index (χ0n) is 25.4. The highest BCUT2D eigenvalue weighted by molar-refractivity contribution is 7.90. The second-order valence-corrected chi connectivity index (χ2v) is 15.1. The summed E-state index contributed by atoms with van der Waals surface area (Å²) in [6.07, 6.45) is 5.62. The minimum absolute atomic E-state index is 0.107. The summed E-state index contributed by atoms with van der Waals surface area (Å²) in [5, 5.41) is 10.7. The van der Waals surface area contributed by atoms with Gasteiger partial charge in [-0.05, 0) is 97.7 Å². The molecule has 6 rings (SSSR count). The SMILES string of the molecule is CC1CCN(C(C)COc2ccc(C3Oc4cc(F)c(O)cc4C(C4CCCC4)=C3c3cc(Cl)cc(S(C)(=O)=O)c3)cc2)C1. The molecule has 0 radical (unpaired) electrons. The predicted molar refractivity (Wildman–Crippen MR) is 172 cm³/mol. The van der Waals surface area contributed by atoms with E-state index in [0.29, 0.717) is 35.4 Å². The lowest BCUT2D eigenvalue weighted by Gasteiger charge is -2.35. The third-order valence-electron chi connectivity index (χ3n) is 9.26. The van der Waals surface area contributed by atoms with Gasteiger partial charge in [-0.15, -0.1) is 0 Å². The fraction of sp³-hybridized carbons (Fsp3) is 0.429. The molecular weight excluding hydrogens is 601 g/mol. The number of rotatable bonds is 8. The van der Waals surface area contributed by atoms with Crippen LogP contribution in [0.25, 0.3) is 11.1 Å². The van der Waals surface area contributed by atoms with Crippen LogP contribution in [0.2, 0.25) is 5.02 Å². The minimum atomic E-state index is -3.56. The van der Waals surface area contributed by atoms with Crippen molar-refractivity contribution in [1.29, 1.82) is 0 Å². The molecule has 2 fully saturated rings. The second kappa shape index (κ2) is 12.4.